The SMILES string of the molecule is COc1ccnc(CSc2nc3cc4c(cc3[nH]2)OC(F)(F)O4)c1OCc1ccccc1. The van der Waals surface area contributed by atoms with Crippen molar-refractivity contribution in [1.82, 2.24) is 15.0 Å². The molecule has 32 heavy (non-hydrogen) atoms. The second kappa shape index (κ2) is 8.19. The van der Waals surface area contributed by atoms with Gasteiger partial charge in [0.25, 0.3) is 0 Å². The van der Waals surface area contributed by atoms with Crippen LogP contribution in [-0.4, -0.2) is 28.4 Å². The summed E-state index contributed by atoms with van der Waals surface area (Å²) >= 11 is 1.40. The van der Waals surface area contributed by atoms with Crippen LogP contribution in [0.1, 0.15) is 11.3 Å². The Morgan fingerprint density at radius 3 is 2.66 bits per heavy atom. The lowest BCUT2D eigenvalue weighted by Gasteiger charge is -2.14. The lowest BCUT2D eigenvalue weighted by atomic mass is 10.2. The van der Waals surface area contributed by atoms with E-state index in [9.17, 15) is 8.78 Å². The molecular weight excluding hydrogens is 440 g/mol. The van der Waals surface area contributed by atoms with Crippen molar-refractivity contribution in [2.45, 2.75) is 23.8 Å². The molecule has 0 aliphatic carbocycles. The first kappa shape index (κ1) is 20.4. The van der Waals surface area contributed by atoms with Gasteiger partial charge in [-0.15, -0.1) is 8.78 Å². The normalized spacial score (nSPS) is 14.0. The molecule has 1 aliphatic heterocycles. The Bertz CT molecular complexity index is 1220. The van der Waals surface area contributed by atoms with Crippen molar-refractivity contribution in [1.29, 1.82) is 0 Å². The lowest BCUT2D eigenvalue weighted by Crippen LogP contribution is -2.25. The maximum atomic E-state index is 13.2. The zero-order chi connectivity index (χ0) is 22.1. The summed E-state index contributed by atoms with van der Waals surface area (Å²) in [4.78, 5) is 12.0. The number of pyridine rings is 1. The smallest absolute Gasteiger partial charge is 0.493 e. The van der Waals surface area contributed by atoms with Gasteiger partial charge in [-0.2, -0.15) is 0 Å². The molecule has 0 amide bonds. The van der Waals surface area contributed by atoms with Crippen LogP contribution in [0.3, 0.4) is 0 Å². The number of aromatic amines is 1. The molecule has 0 radical (unpaired) electrons. The van der Waals surface area contributed by atoms with E-state index < -0.39 is 6.29 Å². The van der Waals surface area contributed by atoms with E-state index >= 15 is 0 Å². The summed E-state index contributed by atoms with van der Waals surface area (Å²) in [7, 11) is 1.58. The predicted molar refractivity (Wildman–Crippen MR) is 113 cm³/mol. The van der Waals surface area contributed by atoms with Gasteiger partial charge >= 0.3 is 6.29 Å². The number of methoxy groups -OCH3 is 1. The molecular formula is C22H17F2N3O4S. The molecule has 2 aromatic heterocycles. The predicted octanol–water partition coefficient (Wildman–Crippen LogP) is 5.16. The van der Waals surface area contributed by atoms with Gasteiger partial charge in [0, 0.05) is 30.1 Å². The van der Waals surface area contributed by atoms with Gasteiger partial charge in [-0.3, -0.25) is 4.98 Å². The molecule has 10 heteroatoms. The van der Waals surface area contributed by atoms with Crippen LogP contribution in [0.2, 0.25) is 0 Å². The van der Waals surface area contributed by atoms with Crippen LogP contribution in [-0.2, 0) is 12.4 Å². The number of halogens is 2. The van der Waals surface area contributed by atoms with Crippen molar-refractivity contribution in [2.75, 3.05) is 7.11 Å². The molecule has 1 N–H and O–H groups in total. The fourth-order valence-electron chi connectivity index (χ4n) is 3.26. The number of aromatic nitrogens is 3. The Labute approximate surface area is 185 Å². The summed E-state index contributed by atoms with van der Waals surface area (Å²) in [6, 6.07) is 14.4. The highest BCUT2D eigenvalue weighted by molar-refractivity contribution is 7.98. The van der Waals surface area contributed by atoms with Gasteiger partial charge in [-0.25, -0.2) is 4.98 Å². The summed E-state index contributed by atoms with van der Waals surface area (Å²) in [5.74, 6) is 1.52. The average molecular weight is 457 g/mol. The summed E-state index contributed by atoms with van der Waals surface area (Å²) in [5.41, 5.74) is 2.77. The highest BCUT2D eigenvalue weighted by Gasteiger charge is 2.43. The first-order chi connectivity index (χ1) is 15.5. The summed E-state index contributed by atoms with van der Waals surface area (Å²) < 4.78 is 47.0. The highest BCUT2D eigenvalue weighted by atomic mass is 32.2. The van der Waals surface area contributed by atoms with Gasteiger partial charge in [0.05, 0.1) is 23.8 Å². The van der Waals surface area contributed by atoms with Gasteiger partial charge in [-0.05, 0) is 5.56 Å². The van der Waals surface area contributed by atoms with E-state index in [0.29, 0.717) is 45.7 Å². The molecule has 1 aliphatic rings. The van der Waals surface area contributed by atoms with Crippen molar-refractivity contribution in [3.63, 3.8) is 0 Å². The standard InChI is InChI=1S/C22H17F2N3O4S/c1-28-17-7-8-25-16(20(17)29-11-13-5-3-2-4-6-13)12-32-21-26-14-9-18-19(10-15(14)27-21)31-22(23,24)30-18/h2-10H,11-12H2,1H3,(H,26,27). The number of H-pyrrole nitrogens is 1. The summed E-state index contributed by atoms with van der Waals surface area (Å²) in [5, 5.41) is 0.592. The molecule has 3 heterocycles. The van der Waals surface area contributed by atoms with Gasteiger partial charge < -0.3 is 23.9 Å². The van der Waals surface area contributed by atoms with Crippen LogP contribution >= 0.6 is 11.8 Å². The van der Waals surface area contributed by atoms with E-state index in [1.165, 1.54) is 23.9 Å². The van der Waals surface area contributed by atoms with E-state index in [2.05, 4.69) is 24.4 Å². The van der Waals surface area contributed by atoms with Crippen LogP contribution in [0.4, 0.5) is 8.78 Å². The van der Waals surface area contributed by atoms with Crippen LogP contribution in [0.25, 0.3) is 11.0 Å². The third-order valence-electron chi connectivity index (χ3n) is 4.72. The minimum atomic E-state index is -3.66. The number of alkyl halides is 2. The molecule has 0 spiro atoms. The van der Waals surface area contributed by atoms with Gasteiger partial charge in [0.2, 0.25) is 0 Å². The summed E-state index contributed by atoms with van der Waals surface area (Å²) in [6.45, 7) is 0.376. The molecule has 0 unspecified atom stereocenters. The molecule has 0 saturated heterocycles. The number of imidazole rings is 1. The Morgan fingerprint density at radius 2 is 1.88 bits per heavy atom. The van der Waals surface area contributed by atoms with E-state index in [1.54, 1.807) is 19.4 Å². The molecule has 0 fully saturated rings. The van der Waals surface area contributed by atoms with E-state index in [4.69, 9.17) is 9.47 Å². The number of hydrogen-bond acceptors (Lipinski definition) is 7. The minimum absolute atomic E-state index is 0.0336. The Kier molecular flexibility index (Phi) is 5.22. The quantitative estimate of drug-likeness (QED) is 0.384. The Balaban J connectivity index is 1.34. The zero-order valence-corrected chi connectivity index (χ0v) is 17.6. The molecule has 0 atom stereocenters. The number of rotatable bonds is 7. The molecule has 7 nitrogen and oxygen atoms in total. The number of hydrogen-bond donors (Lipinski definition) is 1. The second-order valence-corrected chi connectivity index (χ2v) is 7.84. The number of thioether (sulfide) groups is 1. The number of fused-ring (bicyclic) bond motifs is 2. The first-order valence-corrected chi connectivity index (χ1v) is 10.6. The Morgan fingerprint density at radius 1 is 1.09 bits per heavy atom. The van der Waals surface area contributed by atoms with Crippen molar-refractivity contribution >= 4 is 22.8 Å². The van der Waals surface area contributed by atoms with Crippen molar-refractivity contribution in [3.8, 4) is 23.0 Å². The van der Waals surface area contributed by atoms with Gasteiger partial charge in [0.1, 0.15) is 6.61 Å². The monoisotopic (exact) mass is 457 g/mol. The van der Waals surface area contributed by atoms with E-state index in [-0.39, 0.29) is 11.5 Å². The van der Waals surface area contributed by atoms with Gasteiger partial charge in [0.15, 0.2) is 28.2 Å². The fraction of sp³-hybridized carbons (Fsp3) is 0.182. The molecule has 4 aromatic rings. The minimum Gasteiger partial charge on any atom is -0.493 e. The molecule has 2 aromatic carbocycles. The molecule has 5 rings (SSSR count). The van der Waals surface area contributed by atoms with Crippen LogP contribution in [0.15, 0.2) is 59.9 Å². The fourth-order valence-corrected chi connectivity index (χ4v) is 4.08. The largest absolute Gasteiger partial charge is 0.586 e. The second-order valence-electron chi connectivity index (χ2n) is 6.88. The van der Waals surface area contributed by atoms with Crippen molar-refractivity contribution in [2.24, 2.45) is 0 Å². The van der Waals surface area contributed by atoms with Crippen LogP contribution < -0.4 is 18.9 Å². The van der Waals surface area contributed by atoms with Crippen molar-refractivity contribution < 1.29 is 27.7 Å². The molecule has 0 saturated carbocycles. The average Bonchev–Trinajstić information content (AvgIpc) is 3.32. The number of nitrogens with one attached hydrogen (secondary N) is 1. The lowest BCUT2D eigenvalue weighted by molar-refractivity contribution is -0.286. The van der Waals surface area contributed by atoms with Crippen LogP contribution in [0, 0.1) is 0 Å². The third-order valence-corrected chi connectivity index (χ3v) is 5.60. The zero-order valence-electron chi connectivity index (χ0n) is 16.8. The maximum Gasteiger partial charge on any atom is 0.586 e. The Hall–Kier alpha value is -3.53. The molecule has 0 bridgehead atoms. The maximum absolute atomic E-state index is 13.2. The summed E-state index contributed by atoms with van der Waals surface area (Å²) in [6.07, 6.45) is -2.00. The molecule has 164 valence electrons. The number of ether oxygens (including phenoxy) is 4. The topological polar surface area (TPSA) is 78.5 Å². The first-order valence-electron chi connectivity index (χ1n) is 9.62. The van der Waals surface area contributed by atoms with Crippen molar-refractivity contribution in [3.05, 3.63) is 66.0 Å². The highest BCUT2D eigenvalue weighted by Crippen LogP contribution is 2.43. The van der Waals surface area contributed by atoms with Gasteiger partial charge in [-0.1, -0.05) is 42.1 Å². The van der Waals surface area contributed by atoms with Crippen LogP contribution in [0.5, 0.6) is 23.0 Å². The van der Waals surface area contributed by atoms with E-state index in [1.807, 2.05) is 30.3 Å². The number of benzene rings is 2. The number of nitrogens with zero attached hydrogens (tertiary/aromatic N) is 2. The van der Waals surface area contributed by atoms with E-state index in [0.717, 1.165) is 5.56 Å². The third kappa shape index (κ3) is 4.13.